The van der Waals surface area contributed by atoms with Crippen LogP contribution in [0.25, 0.3) is 0 Å². The Balaban J connectivity index is 0.000000360. The lowest BCUT2D eigenvalue weighted by Crippen LogP contribution is -2.64. The third-order valence-electron chi connectivity index (χ3n) is 5.77. The van der Waals surface area contributed by atoms with E-state index in [9.17, 15) is 18.0 Å². The minimum atomic E-state index is -5.08. The van der Waals surface area contributed by atoms with Gasteiger partial charge in [-0.15, -0.1) is 11.3 Å². The monoisotopic (exact) mass is 473 g/mol. The van der Waals surface area contributed by atoms with Crippen LogP contribution in [-0.4, -0.2) is 81.5 Å². The number of rotatable bonds is 3. The lowest BCUT2D eigenvalue weighted by molar-refractivity contribution is -0.192. The maximum Gasteiger partial charge on any atom is 0.490 e. The molecule has 8 nitrogen and oxygen atoms in total. The molecule has 1 amide bonds. The van der Waals surface area contributed by atoms with Crippen molar-refractivity contribution in [3.05, 3.63) is 34.3 Å². The molecule has 0 aliphatic carbocycles. The minimum Gasteiger partial charge on any atom is -0.475 e. The molecule has 0 radical (unpaired) electrons. The Morgan fingerprint density at radius 1 is 1.28 bits per heavy atom. The number of carboxylic acids is 1. The zero-order valence-electron chi connectivity index (χ0n) is 18.1. The number of anilines is 1. The summed E-state index contributed by atoms with van der Waals surface area (Å²) in [6.45, 7) is 6.47. The molecular weight excluding hydrogens is 447 g/mol. The largest absolute Gasteiger partial charge is 0.490 e. The molecule has 0 bridgehead atoms. The van der Waals surface area contributed by atoms with Crippen LogP contribution in [0, 0.1) is 6.92 Å². The summed E-state index contributed by atoms with van der Waals surface area (Å²) in [4.78, 5) is 31.0. The Hall–Kier alpha value is -2.44. The van der Waals surface area contributed by atoms with E-state index in [1.807, 2.05) is 29.5 Å². The smallest absolute Gasteiger partial charge is 0.475 e. The van der Waals surface area contributed by atoms with Crippen molar-refractivity contribution < 1.29 is 27.9 Å². The highest BCUT2D eigenvalue weighted by atomic mass is 32.1. The molecular formula is C20H26F3N5O3S. The molecule has 176 valence electrons. The van der Waals surface area contributed by atoms with Gasteiger partial charge in [-0.1, -0.05) is 0 Å². The van der Waals surface area contributed by atoms with Crippen molar-refractivity contribution in [2.24, 2.45) is 7.05 Å². The first-order valence-corrected chi connectivity index (χ1v) is 10.8. The van der Waals surface area contributed by atoms with E-state index in [2.05, 4.69) is 41.0 Å². The summed E-state index contributed by atoms with van der Waals surface area (Å²) in [6, 6.07) is 4.43. The fourth-order valence-corrected chi connectivity index (χ4v) is 4.98. The first kappa shape index (κ1) is 24.2. The van der Waals surface area contributed by atoms with Gasteiger partial charge in [0.25, 0.3) is 0 Å². The van der Waals surface area contributed by atoms with Crippen LogP contribution in [0.1, 0.15) is 16.2 Å². The van der Waals surface area contributed by atoms with Crippen LogP contribution in [0.4, 0.5) is 18.9 Å². The van der Waals surface area contributed by atoms with Gasteiger partial charge < -0.3 is 10.0 Å². The van der Waals surface area contributed by atoms with Gasteiger partial charge in [-0.05, 0) is 32.5 Å². The Morgan fingerprint density at radius 2 is 1.97 bits per heavy atom. The lowest BCUT2D eigenvalue weighted by atomic mass is 9.93. The molecule has 1 unspecified atom stereocenters. The summed E-state index contributed by atoms with van der Waals surface area (Å²) >= 11 is 1.88. The molecule has 4 rings (SSSR count). The second kappa shape index (κ2) is 9.20. The average Bonchev–Trinajstić information content (AvgIpc) is 3.40. The van der Waals surface area contributed by atoms with Gasteiger partial charge in [-0.3, -0.25) is 19.3 Å². The molecule has 1 N–H and O–H groups in total. The topological polar surface area (TPSA) is 81.9 Å². The standard InChI is InChI=1S/C18H25N5OS.C2HF3O2/c1-14-4-5-16(25-14)10-22-7-6-18(12-22)13-23(17(24)11-20(18)2)15-8-19-21(3)9-15;3-2(4,5)1(6)7/h4-5,8-9H,6-7,10-13H2,1-3H3;(H,6,7). The Labute approximate surface area is 187 Å². The highest BCUT2D eigenvalue weighted by molar-refractivity contribution is 7.11. The number of hydrogen-bond donors (Lipinski definition) is 1. The van der Waals surface area contributed by atoms with Gasteiger partial charge in [-0.25, -0.2) is 4.79 Å². The van der Waals surface area contributed by atoms with Crippen molar-refractivity contribution >= 4 is 28.9 Å². The molecule has 2 aromatic heterocycles. The van der Waals surface area contributed by atoms with Gasteiger partial charge >= 0.3 is 12.1 Å². The number of likely N-dealkylation sites (N-methyl/N-ethyl adjacent to an activating group) is 1. The number of thiophene rings is 1. The Morgan fingerprint density at radius 3 is 2.50 bits per heavy atom. The zero-order chi connectivity index (χ0) is 23.7. The maximum absolute atomic E-state index is 12.6. The summed E-state index contributed by atoms with van der Waals surface area (Å²) < 4.78 is 33.5. The predicted octanol–water partition coefficient (Wildman–Crippen LogP) is 2.35. The number of hydrogen-bond acceptors (Lipinski definition) is 6. The van der Waals surface area contributed by atoms with Gasteiger partial charge in [0.15, 0.2) is 0 Å². The van der Waals surface area contributed by atoms with E-state index in [0.717, 1.165) is 38.3 Å². The highest BCUT2D eigenvalue weighted by Gasteiger charge is 2.47. The van der Waals surface area contributed by atoms with Crippen molar-refractivity contribution in [2.45, 2.75) is 31.6 Å². The third-order valence-corrected chi connectivity index (χ3v) is 6.75. The number of amides is 1. The molecule has 0 saturated carbocycles. The van der Waals surface area contributed by atoms with Gasteiger partial charge in [0.05, 0.1) is 24.0 Å². The first-order chi connectivity index (χ1) is 14.9. The summed E-state index contributed by atoms with van der Waals surface area (Å²) in [5, 5.41) is 11.4. The van der Waals surface area contributed by atoms with Crippen molar-refractivity contribution in [2.75, 3.05) is 38.1 Å². The SMILES string of the molecule is Cc1ccc(CN2CCC3(C2)CN(c2cnn(C)c2)C(=O)CN3C)s1.O=C(O)C(F)(F)F. The van der Waals surface area contributed by atoms with E-state index in [0.29, 0.717) is 6.54 Å². The van der Waals surface area contributed by atoms with Crippen molar-refractivity contribution in [1.82, 2.24) is 19.6 Å². The summed E-state index contributed by atoms with van der Waals surface area (Å²) in [7, 11) is 3.98. The second-order valence-corrected chi connectivity index (χ2v) is 9.58. The van der Waals surface area contributed by atoms with Crippen molar-refractivity contribution in [1.29, 1.82) is 0 Å². The summed E-state index contributed by atoms with van der Waals surface area (Å²) in [6.07, 6.45) is -0.270. The number of halogens is 3. The molecule has 4 heterocycles. The fourth-order valence-electron chi connectivity index (χ4n) is 4.05. The van der Waals surface area contributed by atoms with Crippen LogP contribution >= 0.6 is 11.3 Å². The zero-order valence-corrected chi connectivity index (χ0v) is 18.9. The van der Waals surface area contributed by atoms with Crippen LogP contribution < -0.4 is 4.90 Å². The Kier molecular flexibility index (Phi) is 6.96. The van der Waals surface area contributed by atoms with E-state index in [4.69, 9.17) is 9.90 Å². The number of carboxylic acid groups (broad SMARTS) is 1. The van der Waals surface area contributed by atoms with Gasteiger partial charge in [0.2, 0.25) is 5.91 Å². The van der Waals surface area contributed by atoms with E-state index in [1.54, 1.807) is 10.9 Å². The number of aromatic nitrogens is 2. The van der Waals surface area contributed by atoms with Gasteiger partial charge in [-0.2, -0.15) is 18.3 Å². The Bertz CT molecular complexity index is 976. The van der Waals surface area contributed by atoms with Gasteiger partial charge in [0.1, 0.15) is 0 Å². The molecule has 2 aliphatic rings. The molecule has 12 heteroatoms. The van der Waals surface area contributed by atoms with Crippen LogP contribution in [0.5, 0.6) is 0 Å². The predicted molar refractivity (Wildman–Crippen MR) is 114 cm³/mol. The highest BCUT2D eigenvalue weighted by Crippen LogP contribution is 2.34. The number of aryl methyl sites for hydroxylation is 2. The molecule has 1 spiro atoms. The number of aliphatic carboxylic acids is 1. The second-order valence-electron chi connectivity index (χ2n) is 8.21. The molecule has 32 heavy (non-hydrogen) atoms. The molecule has 2 aromatic rings. The number of piperazine rings is 1. The number of likely N-dealkylation sites (tertiary alicyclic amines) is 1. The van der Waals surface area contributed by atoms with Crippen LogP contribution in [-0.2, 0) is 23.2 Å². The normalized spacial score (nSPS) is 22.3. The lowest BCUT2D eigenvalue weighted by Gasteiger charge is -2.46. The van der Waals surface area contributed by atoms with Crippen molar-refractivity contribution in [3.63, 3.8) is 0 Å². The minimum absolute atomic E-state index is 0.0378. The molecule has 1 atom stereocenters. The van der Waals surface area contributed by atoms with Crippen molar-refractivity contribution in [3.8, 4) is 0 Å². The van der Waals surface area contributed by atoms with Crippen LogP contribution in [0.2, 0.25) is 0 Å². The fraction of sp³-hybridized carbons (Fsp3) is 0.550. The maximum atomic E-state index is 12.6. The molecule has 2 aliphatic heterocycles. The molecule has 2 fully saturated rings. The van der Waals surface area contributed by atoms with Crippen LogP contribution in [0.15, 0.2) is 24.5 Å². The van der Waals surface area contributed by atoms with E-state index < -0.39 is 12.1 Å². The van der Waals surface area contributed by atoms with Gasteiger partial charge in [0, 0.05) is 49.2 Å². The van der Waals surface area contributed by atoms with Crippen LogP contribution in [0.3, 0.4) is 0 Å². The number of carbonyl (C=O) groups is 2. The van der Waals surface area contributed by atoms with E-state index in [1.165, 1.54) is 9.75 Å². The van der Waals surface area contributed by atoms with E-state index >= 15 is 0 Å². The first-order valence-electron chi connectivity index (χ1n) is 9.98. The molecule has 2 saturated heterocycles. The number of carbonyl (C=O) groups excluding carboxylic acids is 1. The number of nitrogens with zero attached hydrogens (tertiary/aromatic N) is 5. The van der Waals surface area contributed by atoms with E-state index in [-0.39, 0.29) is 11.4 Å². The number of alkyl halides is 3. The molecule has 0 aromatic carbocycles. The average molecular weight is 474 g/mol. The third kappa shape index (κ3) is 5.48. The summed E-state index contributed by atoms with van der Waals surface area (Å²) in [5.74, 6) is -2.60. The summed E-state index contributed by atoms with van der Waals surface area (Å²) in [5.41, 5.74) is 0.947. The quantitative estimate of drug-likeness (QED) is 0.737.